The molecule has 0 aliphatic carbocycles. The maximum Gasteiger partial charge on any atom is 0.416 e. The van der Waals surface area contributed by atoms with E-state index in [-0.39, 0.29) is 17.6 Å². The van der Waals surface area contributed by atoms with Gasteiger partial charge in [0.1, 0.15) is 0 Å². The minimum atomic E-state index is -4.96. The Kier molecular flexibility index (Phi) is 4.50. The summed E-state index contributed by atoms with van der Waals surface area (Å²) in [6.07, 6.45) is -7.99. The second kappa shape index (κ2) is 6.10. The van der Waals surface area contributed by atoms with Crippen molar-refractivity contribution >= 4 is 5.97 Å². The first-order chi connectivity index (χ1) is 11.0. The zero-order chi connectivity index (χ0) is 18.1. The first-order valence-corrected chi connectivity index (χ1v) is 6.27. The van der Waals surface area contributed by atoms with Crippen LogP contribution in [0.4, 0.5) is 26.3 Å². The predicted octanol–water partition coefficient (Wildman–Crippen LogP) is 4.11. The summed E-state index contributed by atoms with van der Waals surface area (Å²) in [6.45, 7) is 1.11. The van der Waals surface area contributed by atoms with Crippen LogP contribution in [0.2, 0.25) is 0 Å². The average Bonchev–Trinajstić information content (AvgIpc) is 2.45. The highest BCUT2D eigenvalue weighted by Crippen LogP contribution is 2.38. The molecule has 1 aromatic carbocycles. The number of esters is 1. The van der Waals surface area contributed by atoms with E-state index in [4.69, 9.17) is 0 Å². The van der Waals surface area contributed by atoms with Crippen LogP contribution >= 0.6 is 0 Å². The Morgan fingerprint density at radius 3 is 1.75 bits per heavy atom. The van der Waals surface area contributed by atoms with E-state index in [0.29, 0.717) is 12.1 Å². The lowest BCUT2D eigenvalue weighted by Gasteiger charge is -2.13. The van der Waals surface area contributed by atoms with E-state index < -0.39 is 35.0 Å². The van der Waals surface area contributed by atoms with Crippen LogP contribution in [0, 0.1) is 0 Å². The summed E-state index contributed by atoms with van der Waals surface area (Å²) in [6, 6.07) is 1.03. The number of carbonyl (C=O) groups is 1. The molecule has 2 aromatic rings. The second-order valence-corrected chi connectivity index (χ2v) is 4.63. The molecule has 0 atom stereocenters. The van der Waals surface area contributed by atoms with Gasteiger partial charge in [0.05, 0.1) is 23.5 Å². The van der Waals surface area contributed by atoms with Gasteiger partial charge in [-0.1, -0.05) is 0 Å². The largest absolute Gasteiger partial charge is 0.423 e. The molecule has 2 rings (SSSR count). The fraction of sp³-hybridized carbons (Fsp3) is 0.214. The van der Waals surface area contributed by atoms with Crippen molar-refractivity contribution in [1.29, 1.82) is 0 Å². The maximum absolute atomic E-state index is 12.8. The first-order valence-electron chi connectivity index (χ1n) is 6.27. The number of alkyl halides is 6. The van der Waals surface area contributed by atoms with Crippen molar-refractivity contribution < 1.29 is 35.9 Å². The van der Waals surface area contributed by atoms with Gasteiger partial charge in [-0.3, -0.25) is 4.79 Å². The molecule has 0 amide bonds. The number of hydrogen-bond acceptors (Lipinski definition) is 4. The van der Waals surface area contributed by atoms with Gasteiger partial charge >= 0.3 is 18.3 Å². The number of nitrogens with zero attached hydrogens (tertiary/aromatic N) is 2. The molecule has 10 heteroatoms. The van der Waals surface area contributed by atoms with Crippen molar-refractivity contribution in [2.45, 2.75) is 19.3 Å². The third-order valence-electron chi connectivity index (χ3n) is 2.74. The quantitative estimate of drug-likeness (QED) is 0.604. The Balaban J connectivity index is 2.51. The van der Waals surface area contributed by atoms with Crippen molar-refractivity contribution in [1.82, 2.24) is 9.97 Å². The monoisotopic (exact) mass is 350 g/mol. The first kappa shape index (κ1) is 17.7. The van der Waals surface area contributed by atoms with Gasteiger partial charge in [-0.25, -0.2) is 9.97 Å². The summed E-state index contributed by atoms with van der Waals surface area (Å²) < 4.78 is 81.4. The molecule has 1 heterocycles. The number of benzene rings is 1. The van der Waals surface area contributed by atoms with Gasteiger partial charge in [0.2, 0.25) is 0 Å². The van der Waals surface area contributed by atoms with E-state index in [0.717, 1.165) is 19.3 Å². The lowest BCUT2D eigenvalue weighted by atomic mass is 10.0. The summed E-state index contributed by atoms with van der Waals surface area (Å²) in [5.74, 6) is -1.14. The van der Waals surface area contributed by atoms with Crippen LogP contribution in [-0.4, -0.2) is 15.9 Å². The maximum atomic E-state index is 12.8. The van der Waals surface area contributed by atoms with Crippen molar-refractivity contribution in [2.24, 2.45) is 0 Å². The molecule has 0 bridgehead atoms. The Hall–Kier alpha value is -2.65. The predicted molar refractivity (Wildman–Crippen MR) is 68.8 cm³/mol. The van der Waals surface area contributed by atoms with Crippen molar-refractivity contribution in [3.63, 3.8) is 0 Å². The minimum absolute atomic E-state index is 0.0106. The topological polar surface area (TPSA) is 52.1 Å². The summed E-state index contributed by atoms with van der Waals surface area (Å²) in [5, 5.41) is 0. The molecule has 0 saturated heterocycles. The van der Waals surface area contributed by atoms with Gasteiger partial charge in [-0.15, -0.1) is 0 Å². The summed E-state index contributed by atoms with van der Waals surface area (Å²) in [4.78, 5) is 18.0. The molecule has 0 spiro atoms. The van der Waals surface area contributed by atoms with Gasteiger partial charge in [0.15, 0.2) is 11.6 Å². The Labute approximate surface area is 131 Å². The van der Waals surface area contributed by atoms with Crippen molar-refractivity contribution in [3.8, 4) is 17.1 Å². The van der Waals surface area contributed by atoms with E-state index in [1.807, 2.05) is 0 Å². The molecule has 0 N–H and O–H groups in total. The van der Waals surface area contributed by atoms with Crippen LogP contribution in [0.1, 0.15) is 18.1 Å². The fourth-order valence-corrected chi connectivity index (χ4v) is 1.77. The molecule has 24 heavy (non-hydrogen) atoms. The molecule has 0 radical (unpaired) electrons. The number of carbonyl (C=O) groups excluding carboxylic acids is 1. The molecule has 1 aromatic heterocycles. The Morgan fingerprint density at radius 1 is 0.917 bits per heavy atom. The van der Waals surface area contributed by atoms with Gasteiger partial charge in [-0.2, -0.15) is 26.3 Å². The number of ether oxygens (including phenoxy) is 1. The van der Waals surface area contributed by atoms with E-state index in [1.54, 1.807) is 0 Å². The minimum Gasteiger partial charge on any atom is -0.423 e. The highest BCUT2D eigenvalue weighted by atomic mass is 19.4. The van der Waals surface area contributed by atoms with E-state index in [9.17, 15) is 31.1 Å². The second-order valence-electron chi connectivity index (χ2n) is 4.63. The Bertz CT molecular complexity index is 721. The average molecular weight is 350 g/mol. The number of halogens is 6. The highest BCUT2D eigenvalue weighted by molar-refractivity contribution is 5.69. The van der Waals surface area contributed by atoms with Crippen LogP contribution in [0.25, 0.3) is 11.4 Å². The standard InChI is InChI=1S/C14H8F6N2O2/c1-7(23)24-11-5-21-12(22-6-11)8-2-9(13(15,16)17)4-10(3-8)14(18,19)20/h2-6H,1H3. The summed E-state index contributed by atoms with van der Waals surface area (Å²) >= 11 is 0. The molecule has 0 unspecified atom stereocenters. The lowest BCUT2D eigenvalue weighted by molar-refractivity contribution is -0.143. The van der Waals surface area contributed by atoms with Gasteiger partial charge in [0, 0.05) is 12.5 Å². The van der Waals surface area contributed by atoms with Crippen molar-refractivity contribution in [2.75, 3.05) is 0 Å². The van der Waals surface area contributed by atoms with Crippen LogP contribution in [-0.2, 0) is 17.1 Å². The highest BCUT2D eigenvalue weighted by Gasteiger charge is 2.37. The van der Waals surface area contributed by atoms with Crippen LogP contribution < -0.4 is 4.74 Å². The smallest absolute Gasteiger partial charge is 0.416 e. The summed E-state index contributed by atoms with van der Waals surface area (Å²) in [7, 11) is 0. The van der Waals surface area contributed by atoms with Crippen LogP contribution in [0.5, 0.6) is 5.75 Å². The van der Waals surface area contributed by atoms with Crippen LogP contribution in [0.15, 0.2) is 30.6 Å². The lowest BCUT2D eigenvalue weighted by Crippen LogP contribution is -2.11. The van der Waals surface area contributed by atoms with E-state index in [2.05, 4.69) is 14.7 Å². The SMILES string of the molecule is CC(=O)Oc1cnc(-c2cc(C(F)(F)F)cc(C(F)(F)F)c2)nc1. The molecule has 128 valence electrons. The third kappa shape index (κ3) is 4.21. The normalized spacial score (nSPS) is 12.1. The molecule has 4 nitrogen and oxygen atoms in total. The third-order valence-corrected chi connectivity index (χ3v) is 2.74. The van der Waals surface area contributed by atoms with Gasteiger partial charge in [0.25, 0.3) is 0 Å². The van der Waals surface area contributed by atoms with E-state index in [1.165, 1.54) is 0 Å². The van der Waals surface area contributed by atoms with Gasteiger partial charge < -0.3 is 4.74 Å². The van der Waals surface area contributed by atoms with Gasteiger partial charge in [-0.05, 0) is 18.2 Å². The zero-order valence-corrected chi connectivity index (χ0v) is 11.9. The number of aromatic nitrogens is 2. The molecular weight excluding hydrogens is 342 g/mol. The Morgan fingerprint density at radius 2 is 1.38 bits per heavy atom. The molecule has 0 saturated carbocycles. The fourth-order valence-electron chi connectivity index (χ4n) is 1.77. The molecular formula is C14H8F6N2O2. The summed E-state index contributed by atoms with van der Waals surface area (Å²) in [5.41, 5.74) is -3.41. The number of rotatable bonds is 2. The van der Waals surface area contributed by atoms with Crippen LogP contribution in [0.3, 0.4) is 0 Å². The van der Waals surface area contributed by atoms with Crippen molar-refractivity contribution in [3.05, 3.63) is 41.7 Å². The zero-order valence-electron chi connectivity index (χ0n) is 11.9. The number of hydrogen-bond donors (Lipinski definition) is 0. The molecule has 0 aliphatic rings. The molecule has 0 aliphatic heterocycles. The molecule has 0 fully saturated rings. The van der Waals surface area contributed by atoms with E-state index >= 15 is 0 Å².